The number of halogens is 2. The minimum atomic E-state index is -2.54. The topological polar surface area (TPSA) is 29.0 Å². The fourth-order valence-electron chi connectivity index (χ4n) is 1.75. The van der Waals surface area contributed by atoms with Gasteiger partial charge in [0.15, 0.2) is 0 Å². The predicted octanol–water partition coefficient (Wildman–Crippen LogP) is 1.96. The molecule has 0 bridgehead atoms. The number of rotatable bonds is 1. The molecule has 1 aliphatic rings. The summed E-state index contributed by atoms with van der Waals surface area (Å²) in [6, 6.07) is 0. The van der Waals surface area contributed by atoms with E-state index in [1.54, 1.807) is 25.5 Å². The van der Waals surface area contributed by atoms with Crippen molar-refractivity contribution in [2.45, 2.75) is 19.3 Å². The van der Waals surface area contributed by atoms with Crippen molar-refractivity contribution >= 4 is 5.82 Å². The maximum Gasteiger partial charge on any atom is 0.254 e. The molecule has 82 valence electrons. The summed E-state index contributed by atoms with van der Waals surface area (Å²) in [4.78, 5) is 9.89. The Kier molecular flexibility index (Phi) is 2.54. The molecule has 1 atom stereocenters. The molecule has 0 aromatic carbocycles. The van der Waals surface area contributed by atoms with Crippen LogP contribution in [0.4, 0.5) is 14.6 Å². The number of piperidine rings is 1. The van der Waals surface area contributed by atoms with Gasteiger partial charge in [-0.3, -0.25) is 4.98 Å². The molecule has 1 unspecified atom stereocenters. The predicted molar refractivity (Wildman–Crippen MR) is 53.0 cm³/mol. The highest BCUT2D eigenvalue weighted by Gasteiger charge is 2.41. The van der Waals surface area contributed by atoms with E-state index in [1.165, 1.54) is 0 Å². The van der Waals surface area contributed by atoms with Crippen LogP contribution in [-0.2, 0) is 0 Å². The third-order valence-corrected chi connectivity index (χ3v) is 2.80. The van der Waals surface area contributed by atoms with Crippen molar-refractivity contribution in [1.29, 1.82) is 0 Å². The van der Waals surface area contributed by atoms with Crippen LogP contribution in [0.5, 0.6) is 0 Å². The SMILES string of the molecule is CC1CN(c2cnccn2)CCC1(F)F. The summed E-state index contributed by atoms with van der Waals surface area (Å²) >= 11 is 0. The lowest BCUT2D eigenvalue weighted by Crippen LogP contribution is -2.46. The largest absolute Gasteiger partial charge is 0.355 e. The molecule has 1 aliphatic heterocycles. The quantitative estimate of drug-likeness (QED) is 0.714. The van der Waals surface area contributed by atoms with E-state index in [9.17, 15) is 8.78 Å². The Morgan fingerprint density at radius 1 is 1.47 bits per heavy atom. The number of nitrogens with zero attached hydrogens (tertiary/aromatic N) is 3. The highest BCUT2D eigenvalue weighted by atomic mass is 19.3. The van der Waals surface area contributed by atoms with Crippen molar-refractivity contribution in [1.82, 2.24) is 9.97 Å². The Bertz CT molecular complexity index is 329. The van der Waals surface area contributed by atoms with Gasteiger partial charge >= 0.3 is 0 Å². The van der Waals surface area contributed by atoms with Crippen molar-refractivity contribution in [2.24, 2.45) is 5.92 Å². The first kappa shape index (κ1) is 10.3. The summed E-state index contributed by atoms with van der Waals surface area (Å²) in [5.74, 6) is -2.49. The third-order valence-electron chi connectivity index (χ3n) is 2.80. The normalized spacial score (nSPS) is 25.3. The zero-order chi connectivity index (χ0) is 10.9. The van der Waals surface area contributed by atoms with E-state index in [1.807, 2.05) is 4.90 Å². The zero-order valence-electron chi connectivity index (χ0n) is 8.53. The minimum absolute atomic E-state index is 0.106. The van der Waals surface area contributed by atoms with Crippen molar-refractivity contribution in [2.75, 3.05) is 18.0 Å². The van der Waals surface area contributed by atoms with Gasteiger partial charge in [-0.05, 0) is 0 Å². The average molecular weight is 213 g/mol. The van der Waals surface area contributed by atoms with Gasteiger partial charge in [0, 0.05) is 37.8 Å². The summed E-state index contributed by atoms with van der Waals surface area (Å²) < 4.78 is 26.4. The van der Waals surface area contributed by atoms with Gasteiger partial charge in [-0.25, -0.2) is 13.8 Å². The van der Waals surface area contributed by atoms with Crippen LogP contribution in [0.2, 0.25) is 0 Å². The third kappa shape index (κ3) is 2.06. The molecule has 1 saturated heterocycles. The molecule has 1 aromatic heterocycles. The molecule has 0 radical (unpaired) electrons. The minimum Gasteiger partial charge on any atom is -0.355 e. The van der Waals surface area contributed by atoms with Gasteiger partial charge in [-0.15, -0.1) is 0 Å². The smallest absolute Gasteiger partial charge is 0.254 e. The lowest BCUT2D eigenvalue weighted by atomic mass is 9.95. The van der Waals surface area contributed by atoms with Gasteiger partial charge in [0.05, 0.1) is 6.20 Å². The first-order valence-electron chi connectivity index (χ1n) is 4.98. The van der Waals surface area contributed by atoms with Crippen LogP contribution < -0.4 is 4.90 Å². The number of anilines is 1. The fourth-order valence-corrected chi connectivity index (χ4v) is 1.75. The second-order valence-electron chi connectivity index (χ2n) is 3.92. The van der Waals surface area contributed by atoms with E-state index in [0.717, 1.165) is 0 Å². The van der Waals surface area contributed by atoms with E-state index >= 15 is 0 Å². The second kappa shape index (κ2) is 3.72. The first-order valence-corrected chi connectivity index (χ1v) is 4.98. The van der Waals surface area contributed by atoms with Crippen LogP contribution >= 0.6 is 0 Å². The molecule has 0 amide bonds. The summed E-state index contributed by atoms with van der Waals surface area (Å²) in [5.41, 5.74) is 0. The summed E-state index contributed by atoms with van der Waals surface area (Å²) in [5, 5.41) is 0. The van der Waals surface area contributed by atoms with Crippen molar-refractivity contribution in [3.63, 3.8) is 0 Å². The molecule has 0 aliphatic carbocycles. The molecule has 1 fully saturated rings. The van der Waals surface area contributed by atoms with Gasteiger partial charge in [-0.2, -0.15) is 0 Å². The standard InChI is InChI=1S/C10H13F2N3/c1-8-7-15(5-2-10(8,11)12)9-6-13-3-4-14-9/h3-4,6,8H,2,5,7H2,1H3. The lowest BCUT2D eigenvalue weighted by Gasteiger charge is -2.37. The molecule has 5 heteroatoms. The molecule has 1 aromatic rings. The molecule has 15 heavy (non-hydrogen) atoms. The molecule has 0 spiro atoms. The van der Waals surface area contributed by atoms with Crippen molar-refractivity contribution < 1.29 is 8.78 Å². The van der Waals surface area contributed by atoms with Gasteiger partial charge in [0.2, 0.25) is 0 Å². The lowest BCUT2D eigenvalue weighted by molar-refractivity contribution is -0.0652. The van der Waals surface area contributed by atoms with Crippen LogP contribution in [0.3, 0.4) is 0 Å². The molecular formula is C10H13F2N3. The number of alkyl halides is 2. The van der Waals surface area contributed by atoms with Crippen LogP contribution in [0.15, 0.2) is 18.6 Å². The highest BCUT2D eigenvalue weighted by molar-refractivity contribution is 5.36. The Hall–Kier alpha value is -1.26. The summed E-state index contributed by atoms with van der Waals surface area (Å²) in [7, 11) is 0. The van der Waals surface area contributed by atoms with Gasteiger partial charge in [-0.1, -0.05) is 6.92 Å². The maximum atomic E-state index is 13.2. The zero-order valence-corrected chi connectivity index (χ0v) is 8.53. The Balaban J connectivity index is 2.10. The molecule has 2 heterocycles. The van der Waals surface area contributed by atoms with Crippen molar-refractivity contribution in [3.05, 3.63) is 18.6 Å². The fraction of sp³-hybridized carbons (Fsp3) is 0.600. The number of aromatic nitrogens is 2. The van der Waals surface area contributed by atoms with Gasteiger partial charge in [0.25, 0.3) is 5.92 Å². The van der Waals surface area contributed by atoms with Crippen LogP contribution in [0.1, 0.15) is 13.3 Å². The van der Waals surface area contributed by atoms with E-state index in [-0.39, 0.29) is 6.42 Å². The number of hydrogen-bond donors (Lipinski definition) is 0. The molecule has 2 rings (SSSR count). The van der Waals surface area contributed by atoms with Gasteiger partial charge in [0.1, 0.15) is 5.82 Å². The Morgan fingerprint density at radius 2 is 2.27 bits per heavy atom. The van der Waals surface area contributed by atoms with Crippen molar-refractivity contribution in [3.8, 4) is 0 Å². The Morgan fingerprint density at radius 3 is 2.87 bits per heavy atom. The van der Waals surface area contributed by atoms with E-state index in [0.29, 0.717) is 18.9 Å². The van der Waals surface area contributed by atoms with Crippen LogP contribution in [0, 0.1) is 5.92 Å². The first-order chi connectivity index (χ1) is 7.09. The van der Waals surface area contributed by atoms with E-state index in [2.05, 4.69) is 9.97 Å². The second-order valence-corrected chi connectivity index (χ2v) is 3.92. The monoisotopic (exact) mass is 213 g/mol. The average Bonchev–Trinajstić information content (AvgIpc) is 2.23. The van der Waals surface area contributed by atoms with Gasteiger partial charge < -0.3 is 4.90 Å². The molecule has 0 N–H and O–H groups in total. The van der Waals surface area contributed by atoms with E-state index in [4.69, 9.17) is 0 Å². The highest BCUT2D eigenvalue weighted by Crippen LogP contribution is 2.34. The van der Waals surface area contributed by atoms with E-state index < -0.39 is 11.8 Å². The summed E-state index contributed by atoms with van der Waals surface area (Å²) in [6.45, 7) is 2.25. The Labute approximate surface area is 87.1 Å². The maximum absolute atomic E-state index is 13.2. The molecule has 3 nitrogen and oxygen atoms in total. The van der Waals surface area contributed by atoms with Crippen LogP contribution in [0.25, 0.3) is 0 Å². The molecular weight excluding hydrogens is 200 g/mol. The molecule has 0 saturated carbocycles. The number of hydrogen-bond acceptors (Lipinski definition) is 3. The summed E-state index contributed by atoms with van der Waals surface area (Å²) in [6.07, 6.45) is 4.65. The van der Waals surface area contributed by atoms with Crippen LogP contribution in [-0.4, -0.2) is 29.0 Å².